The van der Waals surface area contributed by atoms with E-state index in [-0.39, 0.29) is 17.7 Å². The molecule has 3 nitrogen and oxygen atoms in total. The van der Waals surface area contributed by atoms with Crippen LogP contribution in [0.1, 0.15) is 26.7 Å². The van der Waals surface area contributed by atoms with Gasteiger partial charge in [-0.05, 0) is 6.92 Å². The fourth-order valence-electron chi connectivity index (χ4n) is 1.38. The van der Waals surface area contributed by atoms with Crippen molar-refractivity contribution in [3.05, 3.63) is 0 Å². The van der Waals surface area contributed by atoms with Gasteiger partial charge >= 0.3 is 0 Å². The Hall–Kier alpha value is -1.30. The Bertz CT molecular complexity index is 285. The fraction of sp³-hybridized carbons (Fsp3) is 0.600. The molecule has 0 bridgehead atoms. The summed E-state index contributed by atoms with van der Waals surface area (Å²) < 4.78 is 0. The maximum atomic E-state index is 11.4. The molecular weight excluding hydrogens is 166 g/mol. The molecule has 0 aromatic heterocycles. The van der Waals surface area contributed by atoms with Gasteiger partial charge in [0, 0.05) is 25.3 Å². The largest absolute Gasteiger partial charge is 0.281 e. The van der Waals surface area contributed by atoms with Crippen LogP contribution in [0.25, 0.3) is 0 Å². The number of nitrogens with zero attached hydrogens (tertiary/aromatic N) is 1. The smallest absolute Gasteiger partial charge is 0.232 e. The van der Waals surface area contributed by atoms with Crippen LogP contribution in [0.4, 0.5) is 0 Å². The zero-order chi connectivity index (χ0) is 9.84. The van der Waals surface area contributed by atoms with Crippen LogP contribution in [0.5, 0.6) is 0 Å². The van der Waals surface area contributed by atoms with Crippen molar-refractivity contribution in [2.75, 3.05) is 6.54 Å². The maximum Gasteiger partial charge on any atom is 0.232 e. The molecule has 1 aliphatic rings. The summed E-state index contributed by atoms with van der Waals surface area (Å²) in [6, 6.07) is 0. The summed E-state index contributed by atoms with van der Waals surface area (Å²) in [6.07, 6.45) is 0.944. The van der Waals surface area contributed by atoms with Gasteiger partial charge in [-0.3, -0.25) is 14.5 Å². The highest BCUT2D eigenvalue weighted by Crippen LogP contribution is 2.18. The van der Waals surface area contributed by atoms with Crippen molar-refractivity contribution in [1.82, 2.24) is 4.90 Å². The van der Waals surface area contributed by atoms with E-state index in [0.29, 0.717) is 19.4 Å². The molecule has 0 aromatic carbocycles. The Morgan fingerprint density at radius 3 is 2.69 bits per heavy atom. The highest BCUT2D eigenvalue weighted by atomic mass is 16.2. The van der Waals surface area contributed by atoms with E-state index in [2.05, 4.69) is 11.8 Å². The van der Waals surface area contributed by atoms with Gasteiger partial charge in [-0.25, -0.2) is 0 Å². The van der Waals surface area contributed by atoms with E-state index in [4.69, 9.17) is 0 Å². The van der Waals surface area contributed by atoms with Crippen molar-refractivity contribution >= 4 is 11.8 Å². The summed E-state index contributed by atoms with van der Waals surface area (Å²) in [5.41, 5.74) is 0. The number of imide groups is 1. The van der Waals surface area contributed by atoms with Gasteiger partial charge in [0.05, 0.1) is 0 Å². The van der Waals surface area contributed by atoms with E-state index < -0.39 is 0 Å². The minimum atomic E-state index is -0.137. The lowest BCUT2D eigenvalue weighted by atomic mass is 10.1. The third-order valence-electron chi connectivity index (χ3n) is 2.11. The fourth-order valence-corrected chi connectivity index (χ4v) is 1.38. The van der Waals surface area contributed by atoms with Crippen LogP contribution < -0.4 is 0 Å². The van der Waals surface area contributed by atoms with Crippen molar-refractivity contribution in [3.63, 3.8) is 0 Å². The number of carbonyl (C=O) groups is 2. The van der Waals surface area contributed by atoms with Gasteiger partial charge in [0.15, 0.2) is 0 Å². The number of hydrogen-bond acceptors (Lipinski definition) is 2. The normalized spacial score (nSPS) is 21.7. The molecule has 0 aliphatic carbocycles. The first kappa shape index (κ1) is 9.79. The Morgan fingerprint density at radius 2 is 2.23 bits per heavy atom. The molecule has 1 atom stereocenters. The SMILES string of the molecule is CC#CCCN1C(=O)CC(C)C1=O. The molecule has 2 amide bonds. The predicted octanol–water partition coefficient (Wildman–Crippen LogP) is 0.795. The third-order valence-corrected chi connectivity index (χ3v) is 2.11. The van der Waals surface area contributed by atoms with Gasteiger partial charge in [-0.1, -0.05) is 6.92 Å². The molecular formula is C10H13NO2. The Morgan fingerprint density at radius 1 is 1.54 bits per heavy atom. The van der Waals surface area contributed by atoms with Crippen molar-refractivity contribution in [3.8, 4) is 11.8 Å². The van der Waals surface area contributed by atoms with Crippen molar-refractivity contribution in [2.24, 2.45) is 5.92 Å². The van der Waals surface area contributed by atoms with Gasteiger partial charge in [0.1, 0.15) is 0 Å². The van der Waals surface area contributed by atoms with Gasteiger partial charge in [0.2, 0.25) is 11.8 Å². The van der Waals surface area contributed by atoms with Crippen LogP contribution in [-0.2, 0) is 9.59 Å². The highest BCUT2D eigenvalue weighted by molar-refractivity contribution is 6.03. The Labute approximate surface area is 78.1 Å². The summed E-state index contributed by atoms with van der Waals surface area (Å²) in [4.78, 5) is 23.9. The molecule has 70 valence electrons. The summed E-state index contributed by atoms with van der Waals surface area (Å²) in [7, 11) is 0. The van der Waals surface area contributed by atoms with Gasteiger partial charge in [-0.15, -0.1) is 11.8 Å². The van der Waals surface area contributed by atoms with E-state index in [9.17, 15) is 9.59 Å². The number of carbonyl (C=O) groups excluding carboxylic acids is 2. The average Bonchev–Trinajstić information content (AvgIpc) is 2.32. The third kappa shape index (κ3) is 2.09. The molecule has 3 heteroatoms. The zero-order valence-corrected chi connectivity index (χ0v) is 7.96. The molecule has 0 N–H and O–H groups in total. The topological polar surface area (TPSA) is 37.4 Å². The molecule has 13 heavy (non-hydrogen) atoms. The molecule has 1 heterocycles. The van der Waals surface area contributed by atoms with Crippen LogP contribution in [0, 0.1) is 17.8 Å². The Kier molecular flexibility index (Phi) is 3.07. The highest BCUT2D eigenvalue weighted by Gasteiger charge is 2.34. The lowest BCUT2D eigenvalue weighted by Gasteiger charge is -2.11. The van der Waals surface area contributed by atoms with E-state index in [1.165, 1.54) is 4.90 Å². The second kappa shape index (κ2) is 4.08. The molecule has 1 fully saturated rings. The number of amides is 2. The van der Waals surface area contributed by atoms with Crippen molar-refractivity contribution < 1.29 is 9.59 Å². The van der Waals surface area contributed by atoms with Crippen molar-refractivity contribution in [1.29, 1.82) is 0 Å². The Balaban J connectivity index is 2.52. The van der Waals surface area contributed by atoms with E-state index in [1.807, 2.05) is 0 Å². The molecule has 1 saturated heterocycles. The van der Waals surface area contributed by atoms with Crippen LogP contribution in [0.15, 0.2) is 0 Å². The summed E-state index contributed by atoms with van der Waals surface area (Å²) in [5.74, 6) is 5.32. The van der Waals surface area contributed by atoms with Crippen LogP contribution >= 0.6 is 0 Å². The van der Waals surface area contributed by atoms with E-state index in [0.717, 1.165) is 0 Å². The number of rotatable bonds is 2. The van der Waals surface area contributed by atoms with Crippen LogP contribution in [-0.4, -0.2) is 23.3 Å². The lowest BCUT2D eigenvalue weighted by molar-refractivity contribution is -0.139. The first-order valence-corrected chi connectivity index (χ1v) is 4.40. The first-order chi connectivity index (χ1) is 6.16. The first-order valence-electron chi connectivity index (χ1n) is 4.40. The van der Waals surface area contributed by atoms with Crippen molar-refractivity contribution in [2.45, 2.75) is 26.7 Å². The second-order valence-electron chi connectivity index (χ2n) is 3.17. The zero-order valence-electron chi connectivity index (χ0n) is 7.96. The van der Waals surface area contributed by atoms with Gasteiger partial charge in [0.25, 0.3) is 0 Å². The number of likely N-dealkylation sites (tertiary alicyclic amines) is 1. The maximum absolute atomic E-state index is 11.4. The minimum absolute atomic E-state index is 0.0529. The molecule has 0 saturated carbocycles. The summed E-state index contributed by atoms with van der Waals surface area (Å²) in [5, 5.41) is 0. The summed E-state index contributed by atoms with van der Waals surface area (Å²) >= 11 is 0. The van der Waals surface area contributed by atoms with E-state index in [1.54, 1.807) is 13.8 Å². The quantitative estimate of drug-likeness (QED) is 0.464. The number of hydrogen-bond donors (Lipinski definition) is 0. The lowest BCUT2D eigenvalue weighted by Crippen LogP contribution is -2.31. The molecule has 0 spiro atoms. The molecule has 1 rings (SSSR count). The summed E-state index contributed by atoms with van der Waals surface area (Å²) in [6.45, 7) is 3.98. The van der Waals surface area contributed by atoms with Crippen LogP contribution in [0.2, 0.25) is 0 Å². The predicted molar refractivity (Wildman–Crippen MR) is 48.6 cm³/mol. The second-order valence-corrected chi connectivity index (χ2v) is 3.17. The minimum Gasteiger partial charge on any atom is -0.281 e. The molecule has 0 aromatic rings. The van der Waals surface area contributed by atoms with Gasteiger partial charge in [-0.2, -0.15) is 0 Å². The molecule has 0 radical (unpaired) electrons. The standard InChI is InChI=1S/C10H13NO2/c1-3-4-5-6-11-9(12)7-8(2)10(11)13/h8H,5-7H2,1-2H3. The molecule has 1 aliphatic heterocycles. The average molecular weight is 179 g/mol. The van der Waals surface area contributed by atoms with Crippen LogP contribution in [0.3, 0.4) is 0 Å². The van der Waals surface area contributed by atoms with E-state index >= 15 is 0 Å². The van der Waals surface area contributed by atoms with Gasteiger partial charge < -0.3 is 0 Å². The monoisotopic (exact) mass is 179 g/mol. The molecule has 1 unspecified atom stereocenters.